The van der Waals surface area contributed by atoms with E-state index >= 15 is 0 Å². The number of hydrogen-bond donors (Lipinski definition) is 1. The highest BCUT2D eigenvalue weighted by Crippen LogP contribution is 2.29. The normalized spacial score (nSPS) is 11.9. The highest BCUT2D eigenvalue weighted by Gasteiger charge is 2.30. The number of esters is 1. The molecule has 0 aliphatic heterocycles. The third kappa shape index (κ3) is 6.08. The van der Waals surface area contributed by atoms with Crippen LogP contribution in [0.4, 0.5) is 13.2 Å². The number of hydrogen-bond acceptors (Lipinski definition) is 3. The zero-order valence-corrected chi connectivity index (χ0v) is 16.8. The maximum Gasteiger partial charge on any atom is 0.416 e. The second-order valence-corrected chi connectivity index (χ2v) is 7.07. The molecule has 3 rings (SSSR count). The molecule has 8 heteroatoms. The van der Waals surface area contributed by atoms with E-state index < -0.39 is 17.7 Å². The number of carbonyl (C=O) groups is 1. The van der Waals surface area contributed by atoms with Crippen LogP contribution < -0.4 is 5.56 Å². The zero-order valence-electron chi connectivity index (χ0n) is 16.1. The first-order valence-corrected chi connectivity index (χ1v) is 9.57. The van der Waals surface area contributed by atoms with Gasteiger partial charge < -0.3 is 9.72 Å². The number of H-pyrrole nitrogens is 1. The Hall–Kier alpha value is -3.32. The molecular formula is C23H17ClF3NO3. The molecule has 1 heterocycles. The third-order valence-corrected chi connectivity index (χ3v) is 4.75. The lowest BCUT2D eigenvalue weighted by molar-refractivity contribution is -0.140. The molecule has 0 spiro atoms. The molecule has 4 nitrogen and oxygen atoms in total. The van der Waals surface area contributed by atoms with Crippen LogP contribution in [0, 0.1) is 0 Å². The second kappa shape index (κ2) is 9.66. The molecule has 160 valence electrons. The smallest absolute Gasteiger partial charge is 0.416 e. The molecule has 0 atom stereocenters. The number of pyridine rings is 1. The fourth-order valence-electron chi connectivity index (χ4n) is 2.84. The van der Waals surface area contributed by atoms with Gasteiger partial charge in [0.05, 0.1) is 5.56 Å². The Bertz CT molecular complexity index is 1170. The van der Waals surface area contributed by atoms with Crippen molar-refractivity contribution in [2.24, 2.45) is 0 Å². The molecule has 1 N–H and O–H groups in total. The summed E-state index contributed by atoms with van der Waals surface area (Å²) in [5.74, 6) is -0.763. The van der Waals surface area contributed by atoms with Crippen molar-refractivity contribution in [3.8, 4) is 0 Å². The van der Waals surface area contributed by atoms with Crippen molar-refractivity contribution in [3.63, 3.8) is 0 Å². The Morgan fingerprint density at radius 2 is 1.84 bits per heavy atom. The lowest BCUT2D eigenvalue weighted by Crippen LogP contribution is -2.16. The monoisotopic (exact) mass is 447 g/mol. The summed E-state index contributed by atoms with van der Waals surface area (Å²) in [4.78, 5) is 27.3. The fraction of sp³-hybridized carbons (Fsp3) is 0.130. The van der Waals surface area contributed by atoms with Crippen LogP contribution in [0.25, 0.3) is 6.08 Å². The molecule has 0 aliphatic rings. The van der Waals surface area contributed by atoms with Crippen LogP contribution in [0.3, 0.4) is 0 Å². The van der Waals surface area contributed by atoms with E-state index in [0.717, 1.165) is 12.1 Å². The molecule has 0 aliphatic carbocycles. The molecule has 31 heavy (non-hydrogen) atoms. The first-order chi connectivity index (χ1) is 14.7. The maximum absolute atomic E-state index is 12.9. The summed E-state index contributed by atoms with van der Waals surface area (Å²) in [6, 6.07) is 14.5. The number of alkyl halides is 3. The largest absolute Gasteiger partial charge is 0.457 e. The van der Waals surface area contributed by atoms with Gasteiger partial charge >= 0.3 is 12.1 Å². The van der Waals surface area contributed by atoms with Crippen LogP contribution in [0.15, 0.2) is 77.2 Å². The van der Waals surface area contributed by atoms with Crippen LogP contribution >= 0.6 is 11.6 Å². The van der Waals surface area contributed by atoms with Crippen molar-refractivity contribution in [3.05, 3.63) is 110 Å². The number of halogens is 4. The van der Waals surface area contributed by atoms with E-state index in [2.05, 4.69) is 4.98 Å². The average molecular weight is 448 g/mol. The van der Waals surface area contributed by atoms with Gasteiger partial charge in [0.1, 0.15) is 6.61 Å². The quantitative estimate of drug-likeness (QED) is 0.405. The summed E-state index contributed by atoms with van der Waals surface area (Å²) < 4.78 is 43.9. The minimum Gasteiger partial charge on any atom is -0.457 e. The Morgan fingerprint density at radius 1 is 1.06 bits per heavy atom. The van der Waals surface area contributed by atoms with Crippen LogP contribution in [-0.4, -0.2) is 11.0 Å². The van der Waals surface area contributed by atoms with E-state index in [4.69, 9.17) is 16.3 Å². The van der Waals surface area contributed by atoms with Crippen LogP contribution in [-0.2, 0) is 28.7 Å². The van der Waals surface area contributed by atoms with Crippen molar-refractivity contribution < 1.29 is 22.7 Å². The van der Waals surface area contributed by atoms with Crippen molar-refractivity contribution in [2.45, 2.75) is 19.2 Å². The molecule has 0 radical (unpaired) electrons. The molecule has 2 aromatic carbocycles. The predicted octanol–water partition coefficient (Wildman–Crippen LogP) is 5.42. The minimum absolute atomic E-state index is 0.0389. The number of aromatic nitrogens is 1. The Labute approximate surface area is 181 Å². The van der Waals surface area contributed by atoms with Gasteiger partial charge in [-0.25, -0.2) is 4.79 Å². The molecular weight excluding hydrogens is 431 g/mol. The van der Waals surface area contributed by atoms with Crippen molar-refractivity contribution in [1.29, 1.82) is 0 Å². The van der Waals surface area contributed by atoms with E-state index in [1.54, 1.807) is 36.4 Å². The first kappa shape index (κ1) is 22.4. The highest BCUT2D eigenvalue weighted by atomic mass is 35.5. The molecule has 3 aromatic rings. The lowest BCUT2D eigenvalue weighted by Gasteiger charge is -2.11. The standard InChI is InChI=1S/C23H17ClF3NO3/c24-20-9-2-1-6-16(20)12-18(13-17-7-4-10-28-21(17)29)22(30)31-14-15-5-3-8-19(11-15)23(25,26)27/h1-12H,13-14H2,(H,28,29)/b18-12-. The van der Waals surface area contributed by atoms with Gasteiger partial charge in [-0.15, -0.1) is 0 Å². The highest BCUT2D eigenvalue weighted by molar-refractivity contribution is 6.32. The number of benzene rings is 2. The van der Waals surface area contributed by atoms with E-state index in [1.165, 1.54) is 24.4 Å². The van der Waals surface area contributed by atoms with Gasteiger partial charge in [0.2, 0.25) is 0 Å². The lowest BCUT2D eigenvalue weighted by atomic mass is 10.0. The minimum atomic E-state index is -4.50. The molecule has 0 bridgehead atoms. The van der Waals surface area contributed by atoms with Gasteiger partial charge in [-0.3, -0.25) is 4.79 Å². The topological polar surface area (TPSA) is 59.2 Å². The van der Waals surface area contributed by atoms with Gasteiger partial charge in [0.15, 0.2) is 0 Å². The zero-order chi connectivity index (χ0) is 22.4. The number of aromatic amines is 1. The second-order valence-electron chi connectivity index (χ2n) is 6.67. The summed E-state index contributed by atoms with van der Waals surface area (Å²) in [5, 5.41) is 0.396. The summed E-state index contributed by atoms with van der Waals surface area (Å²) >= 11 is 6.17. The number of nitrogens with one attached hydrogen (secondary N) is 1. The number of ether oxygens (including phenoxy) is 1. The Kier molecular flexibility index (Phi) is 6.97. The summed E-state index contributed by atoms with van der Waals surface area (Å²) in [7, 11) is 0. The summed E-state index contributed by atoms with van der Waals surface area (Å²) in [6.45, 7) is -0.353. The van der Waals surface area contributed by atoms with Gasteiger partial charge in [0, 0.05) is 28.8 Å². The van der Waals surface area contributed by atoms with Crippen molar-refractivity contribution in [1.82, 2.24) is 4.98 Å². The summed E-state index contributed by atoms with van der Waals surface area (Å²) in [6.07, 6.45) is -1.56. The third-order valence-electron chi connectivity index (χ3n) is 4.40. The van der Waals surface area contributed by atoms with Gasteiger partial charge in [0.25, 0.3) is 5.56 Å². The number of carbonyl (C=O) groups excluding carboxylic acids is 1. The molecule has 0 fully saturated rings. The predicted molar refractivity (Wildman–Crippen MR) is 111 cm³/mol. The Morgan fingerprint density at radius 3 is 2.55 bits per heavy atom. The average Bonchev–Trinajstić information content (AvgIpc) is 2.74. The van der Waals surface area contributed by atoms with E-state index in [0.29, 0.717) is 16.1 Å². The van der Waals surface area contributed by atoms with E-state index in [1.807, 2.05) is 0 Å². The van der Waals surface area contributed by atoms with Gasteiger partial charge in [-0.2, -0.15) is 13.2 Å². The molecule has 0 unspecified atom stereocenters. The molecule has 0 amide bonds. The fourth-order valence-corrected chi connectivity index (χ4v) is 3.03. The van der Waals surface area contributed by atoms with Crippen LogP contribution in [0.2, 0.25) is 5.02 Å². The number of rotatable bonds is 6. The first-order valence-electron chi connectivity index (χ1n) is 9.19. The van der Waals surface area contributed by atoms with Crippen LogP contribution in [0.1, 0.15) is 22.3 Å². The van der Waals surface area contributed by atoms with E-state index in [9.17, 15) is 22.8 Å². The molecule has 0 saturated heterocycles. The van der Waals surface area contributed by atoms with Crippen molar-refractivity contribution in [2.75, 3.05) is 0 Å². The Balaban J connectivity index is 1.85. The van der Waals surface area contributed by atoms with Gasteiger partial charge in [-0.05, 0) is 41.5 Å². The van der Waals surface area contributed by atoms with E-state index in [-0.39, 0.29) is 29.7 Å². The van der Waals surface area contributed by atoms with Crippen LogP contribution in [0.5, 0.6) is 0 Å². The summed E-state index contributed by atoms with van der Waals surface area (Å²) in [5.41, 5.74) is 0.0101. The molecule has 0 saturated carbocycles. The SMILES string of the molecule is O=C(OCc1cccc(C(F)(F)F)c1)/C(=C\c1ccccc1Cl)Cc1ccc[nH]c1=O. The maximum atomic E-state index is 12.9. The van der Waals surface area contributed by atoms with Gasteiger partial charge in [-0.1, -0.05) is 48.0 Å². The van der Waals surface area contributed by atoms with Crippen molar-refractivity contribution >= 4 is 23.6 Å². The molecule has 1 aromatic heterocycles.